The zero-order valence-electron chi connectivity index (χ0n) is 11.0. The third-order valence-electron chi connectivity index (χ3n) is 3.55. The van der Waals surface area contributed by atoms with E-state index in [9.17, 15) is 10.1 Å². The molecule has 106 valence electrons. The number of benzene rings is 1. The maximum absolute atomic E-state index is 10.6. The Morgan fingerprint density at radius 2 is 1.89 bits per heavy atom. The van der Waals surface area contributed by atoms with Crippen molar-refractivity contribution in [1.29, 1.82) is 0 Å². The molecule has 0 atom stereocenters. The molecule has 0 amide bonds. The van der Waals surface area contributed by atoms with Gasteiger partial charge in [0.1, 0.15) is 0 Å². The smallest absolute Gasteiger partial charge is 0.269 e. The number of nitrogens with zero attached hydrogens (tertiary/aromatic N) is 2. The fourth-order valence-corrected chi connectivity index (χ4v) is 2.36. The summed E-state index contributed by atoms with van der Waals surface area (Å²) in [5, 5.41) is 13.9. The molecule has 19 heavy (non-hydrogen) atoms. The molecule has 0 unspecified atom stereocenters. The van der Waals surface area contributed by atoms with Crippen molar-refractivity contribution >= 4 is 18.1 Å². The van der Waals surface area contributed by atoms with E-state index in [4.69, 9.17) is 0 Å². The van der Waals surface area contributed by atoms with Crippen LogP contribution in [0.25, 0.3) is 0 Å². The molecular weight excluding hydrogens is 266 g/mol. The first kappa shape index (κ1) is 15.9. The molecule has 1 N–H and O–H groups in total. The normalized spacial score (nSPS) is 16.9. The molecule has 0 aliphatic carbocycles. The first-order valence-electron chi connectivity index (χ1n) is 6.32. The molecule has 1 aromatic carbocycles. The van der Waals surface area contributed by atoms with Crippen molar-refractivity contribution in [2.75, 3.05) is 20.1 Å². The minimum atomic E-state index is -0.359. The lowest BCUT2D eigenvalue weighted by Gasteiger charge is -2.31. The molecule has 0 aromatic heterocycles. The quantitative estimate of drug-likeness (QED) is 0.681. The number of rotatable bonds is 4. The summed E-state index contributed by atoms with van der Waals surface area (Å²) in [5.74, 6) is 0. The molecule has 0 radical (unpaired) electrons. The minimum absolute atomic E-state index is 0. The van der Waals surface area contributed by atoms with E-state index in [0.717, 1.165) is 25.2 Å². The molecule has 1 aliphatic rings. The molecule has 1 heterocycles. The predicted octanol–water partition coefficient (Wildman–Crippen LogP) is 2.20. The Balaban J connectivity index is 0.00000180. The number of nitro groups is 1. The Morgan fingerprint density at radius 3 is 2.37 bits per heavy atom. The van der Waals surface area contributed by atoms with Gasteiger partial charge in [0.05, 0.1) is 4.92 Å². The maximum Gasteiger partial charge on any atom is 0.269 e. The van der Waals surface area contributed by atoms with Gasteiger partial charge in [0.25, 0.3) is 5.69 Å². The van der Waals surface area contributed by atoms with Crippen LogP contribution in [-0.4, -0.2) is 36.0 Å². The van der Waals surface area contributed by atoms with Gasteiger partial charge >= 0.3 is 0 Å². The van der Waals surface area contributed by atoms with E-state index in [1.54, 1.807) is 12.1 Å². The Bertz CT molecular complexity index is 403. The van der Waals surface area contributed by atoms with Crippen molar-refractivity contribution < 1.29 is 4.92 Å². The van der Waals surface area contributed by atoms with Crippen LogP contribution in [0.3, 0.4) is 0 Å². The third-order valence-corrected chi connectivity index (χ3v) is 3.55. The van der Waals surface area contributed by atoms with Crippen LogP contribution < -0.4 is 5.32 Å². The van der Waals surface area contributed by atoms with E-state index in [1.807, 2.05) is 19.2 Å². The standard InChI is InChI=1S/C13H19N3O2.ClH/c1-14-12-6-8-15(9-7-12)10-11-2-4-13(5-3-11)16(17)18;/h2-5,12,14H,6-10H2,1H3;1H. The molecule has 0 saturated carbocycles. The summed E-state index contributed by atoms with van der Waals surface area (Å²) in [7, 11) is 2.01. The van der Waals surface area contributed by atoms with Gasteiger partial charge in [-0.1, -0.05) is 12.1 Å². The van der Waals surface area contributed by atoms with Gasteiger partial charge in [0, 0.05) is 24.7 Å². The average Bonchev–Trinajstić information content (AvgIpc) is 2.40. The van der Waals surface area contributed by atoms with Gasteiger partial charge in [-0.05, 0) is 38.5 Å². The highest BCUT2D eigenvalue weighted by Crippen LogP contribution is 2.16. The Labute approximate surface area is 119 Å². The van der Waals surface area contributed by atoms with Crippen molar-refractivity contribution in [1.82, 2.24) is 10.2 Å². The van der Waals surface area contributed by atoms with E-state index < -0.39 is 0 Å². The summed E-state index contributed by atoms with van der Waals surface area (Å²) in [6.45, 7) is 3.05. The lowest BCUT2D eigenvalue weighted by atomic mass is 10.0. The van der Waals surface area contributed by atoms with Crippen LogP contribution in [0, 0.1) is 10.1 Å². The number of nitrogens with one attached hydrogen (secondary N) is 1. The zero-order valence-corrected chi connectivity index (χ0v) is 11.9. The lowest BCUT2D eigenvalue weighted by molar-refractivity contribution is -0.384. The van der Waals surface area contributed by atoms with Crippen LogP contribution in [0.2, 0.25) is 0 Å². The Hall–Kier alpha value is -1.17. The highest BCUT2D eigenvalue weighted by Gasteiger charge is 2.17. The molecular formula is C13H20ClN3O2. The molecule has 1 aromatic rings. The van der Waals surface area contributed by atoms with Crippen molar-refractivity contribution in [3.05, 3.63) is 39.9 Å². The van der Waals surface area contributed by atoms with Crippen molar-refractivity contribution in [2.24, 2.45) is 0 Å². The molecule has 1 saturated heterocycles. The molecule has 6 heteroatoms. The zero-order chi connectivity index (χ0) is 13.0. The second kappa shape index (κ2) is 7.43. The number of piperidine rings is 1. The summed E-state index contributed by atoms with van der Waals surface area (Å²) in [5.41, 5.74) is 1.30. The fraction of sp³-hybridized carbons (Fsp3) is 0.538. The largest absolute Gasteiger partial charge is 0.317 e. The van der Waals surface area contributed by atoms with Crippen LogP contribution in [0.1, 0.15) is 18.4 Å². The topological polar surface area (TPSA) is 58.4 Å². The van der Waals surface area contributed by atoms with Crippen LogP contribution in [-0.2, 0) is 6.54 Å². The van der Waals surface area contributed by atoms with E-state index in [-0.39, 0.29) is 23.0 Å². The van der Waals surface area contributed by atoms with Crippen molar-refractivity contribution in [2.45, 2.75) is 25.4 Å². The summed E-state index contributed by atoms with van der Waals surface area (Å²) in [4.78, 5) is 12.6. The number of likely N-dealkylation sites (tertiary alicyclic amines) is 1. The second-order valence-corrected chi connectivity index (χ2v) is 4.76. The van der Waals surface area contributed by atoms with Gasteiger partial charge in [-0.2, -0.15) is 0 Å². The van der Waals surface area contributed by atoms with Crippen LogP contribution in [0.15, 0.2) is 24.3 Å². The van der Waals surface area contributed by atoms with Gasteiger partial charge in [0.15, 0.2) is 0 Å². The molecule has 2 rings (SSSR count). The fourth-order valence-electron chi connectivity index (χ4n) is 2.36. The van der Waals surface area contributed by atoms with Crippen LogP contribution in [0.5, 0.6) is 0 Å². The van der Waals surface area contributed by atoms with Crippen molar-refractivity contribution in [3.8, 4) is 0 Å². The van der Waals surface area contributed by atoms with E-state index in [2.05, 4.69) is 10.2 Å². The first-order chi connectivity index (χ1) is 8.69. The summed E-state index contributed by atoms with van der Waals surface area (Å²) in [6.07, 6.45) is 2.34. The van der Waals surface area contributed by atoms with Gasteiger partial charge < -0.3 is 5.32 Å². The summed E-state index contributed by atoms with van der Waals surface area (Å²) in [6, 6.07) is 7.49. The predicted molar refractivity (Wildman–Crippen MR) is 77.7 cm³/mol. The highest BCUT2D eigenvalue weighted by atomic mass is 35.5. The van der Waals surface area contributed by atoms with Gasteiger partial charge in [-0.15, -0.1) is 12.4 Å². The molecule has 5 nitrogen and oxygen atoms in total. The molecule has 0 spiro atoms. The monoisotopic (exact) mass is 285 g/mol. The highest BCUT2D eigenvalue weighted by molar-refractivity contribution is 5.85. The summed E-state index contributed by atoms with van der Waals surface area (Å²) < 4.78 is 0. The molecule has 0 bridgehead atoms. The average molecular weight is 286 g/mol. The number of non-ortho nitro benzene ring substituents is 1. The number of halogens is 1. The van der Waals surface area contributed by atoms with Gasteiger partial charge in [-0.3, -0.25) is 15.0 Å². The van der Waals surface area contributed by atoms with Crippen LogP contribution >= 0.6 is 12.4 Å². The minimum Gasteiger partial charge on any atom is -0.317 e. The summed E-state index contributed by atoms with van der Waals surface area (Å²) >= 11 is 0. The molecule has 1 aliphatic heterocycles. The number of hydrogen-bond acceptors (Lipinski definition) is 4. The van der Waals surface area contributed by atoms with Crippen molar-refractivity contribution in [3.63, 3.8) is 0 Å². The molecule has 1 fully saturated rings. The first-order valence-corrected chi connectivity index (χ1v) is 6.32. The van der Waals surface area contributed by atoms with E-state index in [1.165, 1.54) is 12.8 Å². The second-order valence-electron chi connectivity index (χ2n) is 4.76. The number of nitro benzene ring substituents is 1. The Kier molecular flexibility index (Phi) is 6.21. The Morgan fingerprint density at radius 1 is 1.32 bits per heavy atom. The van der Waals surface area contributed by atoms with Crippen LogP contribution in [0.4, 0.5) is 5.69 Å². The van der Waals surface area contributed by atoms with E-state index in [0.29, 0.717) is 6.04 Å². The lowest BCUT2D eigenvalue weighted by Crippen LogP contribution is -2.40. The van der Waals surface area contributed by atoms with Gasteiger partial charge in [0.2, 0.25) is 0 Å². The maximum atomic E-state index is 10.6. The number of hydrogen-bond donors (Lipinski definition) is 1. The van der Waals surface area contributed by atoms with Gasteiger partial charge in [-0.25, -0.2) is 0 Å². The van der Waals surface area contributed by atoms with E-state index >= 15 is 0 Å². The third kappa shape index (κ3) is 4.45. The SMILES string of the molecule is CNC1CCN(Cc2ccc([N+](=O)[O-])cc2)CC1.Cl.